The van der Waals surface area contributed by atoms with Crippen molar-refractivity contribution in [1.82, 2.24) is 0 Å². The van der Waals surface area contributed by atoms with Gasteiger partial charge in [-0.05, 0) is 60.4 Å². The van der Waals surface area contributed by atoms with E-state index in [0.29, 0.717) is 17.2 Å². The summed E-state index contributed by atoms with van der Waals surface area (Å²) in [7, 11) is 0. The van der Waals surface area contributed by atoms with Crippen molar-refractivity contribution in [1.29, 1.82) is 5.26 Å². The first-order valence-electron chi connectivity index (χ1n) is 12.4. The molecule has 2 aromatic rings. The summed E-state index contributed by atoms with van der Waals surface area (Å²) < 4.78 is 5.95. The molecule has 1 fully saturated rings. The Morgan fingerprint density at radius 1 is 1.06 bits per heavy atom. The first kappa shape index (κ1) is 24.1. The highest BCUT2D eigenvalue weighted by atomic mass is 16.5. The van der Waals surface area contributed by atoms with Crippen LogP contribution in [0.2, 0.25) is 0 Å². The van der Waals surface area contributed by atoms with Gasteiger partial charge < -0.3 is 4.74 Å². The quantitative estimate of drug-likeness (QED) is 0.309. The van der Waals surface area contributed by atoms with E-state index in [9.17, 15) is 10.1 Å². The van der Waals surface area contributed by atoms with E-state index in [1.807, 2.05) is 18.2 Å². The predicted octanol–water partition coefficient (Wildman–Crippen LogP) is 7.30. The van der Waals surface area contributed by atoms with Gasteiger partial charge in [0.15, 0.2) is 0 Å². The summed E-state index contributed by atoms with van der Waals surface area (Å²) in [6.45, 7) is 6.60. The smallest absolute Gasteiger partial charge is 0.321 e. The van der Waals surface area contributed by atoms with Gasteiger partial charge in [-0.2, -0.15) is 5.26 Å². The maximum atomic E-state index is 13.6. The Kier molecular flexibility index (Phi) is 8.51. The van der Waals surface area contributed by atoms with E-state index in [1.54, 1.807) is 0 Å². The number of benzene rings is 2. The molecule has 1 aliphatic carbocycles. The molecule has 170 valence electrons. The number of hydrogen-bond acceptors (Lipinski definition) is 3. The molecule has 0 aliphatic heterocycles. The largest absolute Gasteiger partial charge is 0.424 e. The van der Waals surface area contributed by atoms with Gasteiger partial charge in [0.05, 0.1) is 11.0 Å². The molecule has 2 aromatic carbocycles. The van der Waals surface area contributed by atoms with Crippen LogP contribution in [-0.2, 0) is 23.1 Å². The fourth-order valence-corrected chi connectivity index (χ4v) is 4.96. The molecule has 0 N–H and O–H groups in total. The molecule has 0 aromatic heterocycles. The number of esters is 1. The number of carbonyl (C=O) groups excluding carboxylic acids is 1. The predicted molar refractivity (Wildman–Crippen MR) is 130 cm³/mol. The lowest BCUT2D eigenvalue weighted by molar-refractivity contribution is -0.142. The van der Waals surface area contributed by atoms with E-state index >= 15 is 0 Å². The molecular weight excluding hydrogens is 394 g/mol. The molecule has 3 rings (SSSR count). The van der Waals surface area contributed by atoms with Gasteiger partial charge in [-0.3, -0.25) is 4.79 Å². The second-order valence-electron chi connectivity index (χ2n) is 9.48. The summed E-state index contributed by atoms with van der Waals surface area (Å²) in [5.74, 6) is 0.742. The molecular formula is C29H37NO2. The Morgan fingerprint density at radius 2 is 1.75 bits per heavy atom. The number of nitriles is 1. The van der Waals surface area contributed by atoms with Crippen LogP contribution in [0.1, 0.15) is 94.4 Å². The van der Waals surface area contributed by atoms with Crippen LogP contribution < -0.4 is 4.74 Å². The molecule has 0 amide bonds. The monoisotopic (exact) mass is 431 g/mol. The summed E-state index contributed by atoms with van der Waals surface area (Å²) in [5, 5.41) is 9.74. The van der Waals surface area contributed by atoms with E-state index in [-0.39, 0.29) is 5.97 Å². The number of hydrogen-bond donors (Lipinski definition) is 0. The van der Waals surface area contributed by atoms with Crippen molar-refractivity contribution < 1.29 is 9.53 Å². The average Bonchev–Trinajstić information content (AvgIpc) is 2.84. The van der Waals surface area contributed by atoms with E-state index in [4.69, 9.17) is 4.74 Å². The van der Waals surface area contributed by atoms with Crippen LogP contribution in [0, 0.1) is 17.2 Å². The maximum Gasteiger partial charge on any atom is 0.321 e. The van der Waals surface area contributed by atoms with Crippen molar-refractivity contribution in [2.75, 3.05) is 0 Å². The summed E-state index contributed by atoms with van der Waals surface area (Å²) in [4.78, 5) is 13.6. The van der Waals surface area contributed by atoms with Gasteiger partial charge in [-0.25, -0.2) is 0 Å². The normalized spacial score (nSPS) is 16.2. The lowest BCUT2D eigenvalue weighted by atomic mass is 9.69. The summed E-state index contributed by atoms with van der Waals surface area (Å²) in [6.07, 6.45) is 10.3. The van der Waals surface area contributed by atoms with Gasteiger partial charge in [0.25, 0.3) is 0 Å². The van der Waals surface area contributed by atoms with E-state index in [0.717, 1.165) is 56.1 Å². The molecule has 0 spiro atoms. The zero-order valence-electron chi connectivity index (χ0n) is 20.0. The van der Waals surface area contributed by atoms with Crippen LogP contribution in [0.25, 0.3) is 0 Å². The standard InChI is InChI=1S/C29H37NO2/c1-4-6-10-22(3)19-24-13-16-27(25(20-24)21-30)32-28(31)29(17-8-7-9-18-29)26-14-11-23(5-2)12-15-26/h11-16,20,22H,4-10,17-19H2,1-3H3. The molecule has 0 bridgehead atoms. The van der Waals surface area contributed by atoms with Gasteiger partial charge >= 0.3 is 5.97 Å². The van der Waals surface area contributed by atoms with Crippen molar-refractivity contribution in [3.63, 3.8) is 0 Å². The minimum atomic E-state index is -0.620. The molecule has 1 saturated carbocycles. The van der Waals surface area contributed by atoms with Crippen LogP contribution in [0.3, 0.4) is 0 Å². The molecule has 1 unspecified atom stereocenters. The van der Waals surface area contributed by atoms with Crippen LogP contribution in [0.4, 0.5) is 0 Å². The lowest BCUT2D eigenvalue weighted by Gasteiger charge is -2.35. The molecule has 3 heteroatoms. The first-order valence-corrected chi connectivity index (χ1v) is 12.4. The second-order valence-corrected chi connectivity index (χ2v) is 9.48. The molecule has 32 heavy (non-hydrogen) atoms. The number of ether oxygens (including phenoxy) is 1. The Hall–Kier alpha value is -2.60. The molecule has 0 heterocycles. The van der Waals surface area contributed by atoms with Crippen molar-refractivity contribution in [2.24, 2.45) is 5.92 Å². The Labute approximate surface area is 193 Å². The summed E-state index contributed by atoms with van der Waals surface area (Å²) >= 11 is 0. The maximum absolute atomic E-state index is 13.6. The number of rotatable bonds is 9. The van der Waals surface area contributed by atoms with Crippen molar-refractivity contribution >= 4 is 5.97 Å². The zero-order valence-corrected chi connectivity index (χ0v) is 20.0. The SMILES string of the molecule is CCCCC(C)Cc1ccc(OC(=O)C2(c3ccc(CC)cc3)CCCCC2)c(C#N)c1. The van der Waals surface area contributed by atoms with Crippen LogP contribution in [-0.4, -0.2) is 5.97 Å². The van der Waals surface area contributed by atoms with Gasteiger partial charge in [-0.1, -0.05) is 89.6 Å². The van der Waals surface area contributed by atoms with Gasteiger partial charge in [0.1, 0.15) is 11.8 Å². The number of aryl methyl sites for hydroxylation is 1. The highest BCUT2D eigenvalue weighted by Gasteiger charge is 2.43. The number of unbranched alkanes of at least 4 members (excludes halogenated alkanes) is 1. The number of carbonyl (C=O) groups is 1. The Bertz CT molecular complexity index is 933. The topological polar surface area (TPSA) is 50.1 Å². The van der Waals surface area contributed by atoms with E-state index in [1.165, 1.54) is 24.8 Å². The minimum Gasteiger partial charge on any atom is -0.424 e. The van der Waals surface area contributed by atoms with Crippen molar-refractivity contribution in [2.45, 2.75) is 90.4 Å². The van der Waals surface area contributed by atoms with Gasteiger partial charge in [-0.15, -0.1) is 0 Å². The highest BCUT2D eigenvalue weighted by Crippen LogP contribution is 2.41. The molecule has 1 atom stereocenters. The van der Waals surface area contributed by atoms with Crippen LogP contribution in [0.5, 0.6) is 5.75 Å². The fraction of sp³-hybridized carbons (Fsp3) is 0.517. The lowest BCUT2D eigenvalue weighted by Crippen LogP contribution is -2.41. The van der Waals surface area contributed by atoms with E-state index in [2.05, 4.69) is 51.1 Å². The fourth-order valence-electron chi connectivity index (χ4n) is 4.96. The minimum absolute atomic E-state index is 0.220. The highest BCUT2D eigenvalue weighted by molar-refractivity contribution is 5.85. The average molecular weight is 432 g/mol. The third-order valence-corrected chi connectivity index (χ3v) is 7.01. The molecule has 3 nitrogen and oxygen atoms in total. The number of nitrogens with zero attached hydrogens (tertiary/aromatic N) is 1. The summed E-state index contributed by atoms with van der Waals surface area (Å²) in [6, 6.07) is 16.4. The first-order chi connectivity index (χ1) is 15.5. The third-order valence-electron chi connectivity index (χ3n) is 7.01. The molecule has 1 aliphatic rings. The van der Waals surface area contributed by atoms with E-state index < -0.39 is 5.41 Å². The van der Waals surface area contributed by atoms with Crippen LogP contribution in [0.15, 0.2) is 42.5 Å². The Morgan fingerprint density at radius 3 is 2.38 bits per heavy atom. The van der Waals surface area contributed by atoms with Gasteiger partial charge in [0, 0.05) is 0 Å². The van der Waals surface area contributed by atoms with Crippen molar-refractivity contribution in [3.05, 3.63) is 64.7 Å². The molecule has 0 saturated heterocycles. The zero-order chi connectivity index (χ0) is 23.0. The summed E-state index contributed by atoms with van der Waals surface area (Å²) in [5.41, 5.74) is 3.27. The van der Waals surface area contributed by atoms with Crippen LogP contribution >= 0.6 is 0 Å². The van der Waals surface area contributed by atoms with Gasteiger partial charge in [0.2, 0.25) is 0 Å². The van der Waals surface area contributed by atoms with Crippen molar-refractivity contribution in [3.8, 4) is 11.8 Å². The third kappa shape index (κ3) is 5.60. The Balaban J connectivity index is 1.82. The molecule has 0 radical (unpaired) electrons. The second kappa shape index (κ2) is 11.3.